The number of rotatable bonds is 2. The van der Waals surface area contributed by atoms with Crippen LogP contribution in [0.15, 0.2) is 30.3 Å². The standard InChI is InChI=1S/C25H37NO/c1-24-14-7-6-10-22(24)26(16-18-8-4-3-5-9-18)17-19-20-11-12-23(27)25(20,2)15-13-21(19)24/h3-5,8-9,19-23,27H,6-7,10-17H2,1-2H3/t19-,20-,21-,22?,23-,24+,25-/m0/s1. The van der Waals surface area contributed by atoms with Crippen molar-refractivity contribution < 1.29 is 5.11 Å². The lowest BCUT2D eigenvalue weighted by atomic mass is 9.48. The van der Waals surface area contributed by atoms with Crippen LogP contribution >= 0.6 is 0 Å². The van der Waals surface area contributed by atoms with E-state index >= 15 is 0 Å². The van der Waals surface area contributed by atoms with Gasteiger partial charge in [-0.05, 0) is 72.7 Å². The minimum atomic E-state index is -0.0668. The molecule has 3 aliphatic carbocycles. The Labute approximate surface area is 165 Å². The molecule has 3 saturated carbocycles. The van der Waals surface area contributed by atoms with Gasteiger partial charge in [-0.1, -0.05) is 57.0 Å². The van der Waals surface area contributed by atoms with Crippen LogP contribution < -0.4 is 0 Å². The van der Waals surface area contributed by atoms with Crippen molar-refractivity contribution in [3.05, 3.63) is 35.9 Å². The summed E-state index contributed by atoms with van der Waals surface area (Å²) in [6.07, 6.45) is 10.4. The number of benzene rings is 1. The van der Waals surface area contributed by atoms with Gasteiger partial charge in [-0.15, -0.1) is 0 Å². The summed E-state index contributed by atoms with van der Waals surface area (Å²) in [4.78, 5) is 2.87. The second kappa shape index (κ2) is 6.59. The summed E-state index contributed by atoms with van der Waals surface area (Å²) < 4.78 is 0. The van der Waals surface area contributed by atoms with Crippen molar-refractivity contribution in [2.45, 2.75) is 83.9 Å². The highest BCUT2D eigenvalue weighted by Crippen LogP contribution is 2.63. The smallest absolute Gasteiger partial charge is 0.0596 e. The van der Waals surface area contributed by atoms with E-state index in [0.29, 0.717) is 5.41 Å². The fourth-order valence-electron chi connectivity index (χ4n) is 8.10. The van der Waals surface area contributed by atoms with Crippen molar-refractivity contribution in [1.82, 2.24) is 4.90 Å². The fraction of sp³-hybridized carbons (Fsp3) is 0.760. The quantitative estimate of drug-likeness (QED) is 0.771. The fourth-order valence-corrected chi connectivity index (χ4v) is 8.10. The minimum absolute atomic E-state index is 0.0668. The number of nitrogens with zero attached hydrogens (tertiary/aromatic N) is 1. The second-order valence-electron chi connectivity index (χ2n) is 10.7. The van der Waals surface area contributed by atoms with Crippen molar-refractivity contribution in [2.24, 2.45) is 28.6 Å². The highest BCUT2D eigenvalue weighted by molar-refractivity contribution is 5.17. The zero-order chi connectivity index (χ0) is 18.6. The molecule has 0 amide bonds. The Morgan fingerprint density at radius 1 is 0.926 bits per heavy atom. The van der Waals surface area contributed by atoms with Crippen LogP contribution in [0.25, 0.3) is 0 Å². The lowest BCUT2D eigenvalue weighted by Gasteiger charge is -2.63. The van der Waals surface area contributed by atoms with E-state index in [4.69, 9.17) is 0 Å². The molecule has 1 aromatic carbocycles. The van der Waals surface area contributed by atoms with Gasteiger partial charge in [-0.2, -0.15) is 0 Å². The maximum Gasteiger partial charge on any atom is 0.0596 e. The Morgan fingerprint density at radius 3 is 2.52 bits per heavy atom. The predicted octanol–water partition coefficient (Wildman–Crippen LogP) is 5.25. The molecule has 0 aromatic heterocycles. The topological polar surface area (TPSA) is 23.5 Å². The molecule has 1 aliphatic heterocycles. The van der Waals surface area contributed by atoms with Gasteiger partial charge >= 0.3 is 0 Å². The van der Waals surface area contributed by atoms with Gasteiger partial charge in [0.05, 0.1) is 6.10 Å². The first-order chi connectivity index (χ1) is 13.0. The van der Waals surface area contributed by atoms with Crippen LogP contribution in [0.5, 0.6) is 0 Å². The summed E-state index contributed by atoms with van der Waals surface area (Å²) in [5, 5.41) is 10.8. The van der Waals surface area contributed by atoms with Crippen LogP contribution in [0.2, 0.25) is 0 Å². The van der Waals surface area contributed by atoms with E-state index in [9.17, 15) is 5.11 Å². The highest BCUT2D eigenvalue weighted by Gasteiger charge is 2.61. The lowest BCUT2D eigenvalue weighted by Crippen LogP contribution is -2.63. The molecule has 27 heavy (non-hydrogen) atoms. The Balaban J connectivity index is 1.48. The molecule has 4 fully saturated rings. The molecule has 0 bridgehead atoms. The Hall–Kier alpha value is -0.860. The maximum absolute atomic E-state index is 10.8. The molecule has 1 heterocycles. The molecule has 2 nitrogen and oxygen atoms in total. The van der Waals surface area contributed by atoms with E-state index in [1.165, 1.54) is 57.1 Å². The molecule has 1 saturated heterocycles. The third kappa shape index (κ3) is 2.74. The van der Waals surface area contributed by atoms with E-state index in [-0.39, 0.29) is 11.5 Å². The number of hydrogen-bond acceptors (Lipinski definition) is 2. The van der Waals surface area contributed by atoms with Crippen molar-refractivity contribution in [3.63, 3.8) is 0 Å². The average Bonchev–Trinajstić information content (AvgIpc) is 2.98. The first-order valence-electron chi connectivity index (χ1n) is 11.5. The minimum Gasteiger partial charge on any atom is -0.393 e. The number of fused-ring (bicyclic) bond motifs is 5. The van der Waals surface area contributed by atoms with Crippen molar-refractivity contribution in [1.29, 1.82) is 0 Å². The summed E-state index contributed by atoms with van der Waals surface area (Å²) in [7, 11) is 0. The Kier molecular flexibility index (Phi) is 4.44. The highest BCUT2D eigenvalue weighted by atomic mass is 16.3. The Morgan fingerprint density at radius 2 is 1.70 bits per heavy atom. The van der Waals surface area contributed by atoms with Gasteiger partial charge in [0.25, 0.3) is 0 Å². The molecular weight excluding hydrogens is 330 g/mol. The molecule has 0 spiro atoms. The van der Waals surface area contributed by atoms with Crippen LogP contribution in [0.1, 0.15) is 70.8 Å². The first kappa shape index (κ1) is 18.2. The monoisotopic (exact) mass is 367 g/mol. The summed E-state index contributed by atoms with van der Waals surface area (Å²) in [5.41, 5.74) is 2.12. The second-order valence-corrected chi connectivity index (χ2v) is 10.7. The Bertz CT molecular complexity index is 674. The zero-order valence-electron chi connectivity index (χ0n) is 17.2. The summed E-state index contributed by atoms with van der Waals surface area (Å²) >= 11 is 0. The van der Waals surface area contributed by atoms with E-state index in [2.05, 4.69) is 49.1 Å². The van der Waals surface area contributed by atoms with Gasteiger partial charge in [0.1, 0.15) is 0 Å². The summed E-state index contributed by atoms with van der Waals surface area (Å²) in [5.74, 6) is 2.38. The first-order valence-corrected chi connectivity index (χ1v) is 11.5. The number of aliphatic hydroxyl groups excluding tert-OH is 1. The largest absolute Gasteiger partial charge is 0.393 e. The molecule has 7 atom stereocenters. The van der Waals surface area contributed by atoms with E-state index in [0.717, 1.165) is 36.8 Å². The lowest BCUT2D eigenvalue weighted by molar-refractivity contribution is -0.150. The van der Waals surface area contributed by atoms with Gasteiger partial charge in [-0.25, -0.2) is 0 Å². The van der Waals surface area contributed by atoms with Gasteiger partial charge in [0.15, 0.2) is 0 Å². The van der Waals surface area contributed by atoms with Crippen molar-refractivity contribution >= 4 is 0 Å². The summed E-state index contributed by atoms with van der Waals surface area (Å²) in [6, 6.07) is 11.9. The molecule has 1 N–H and O–H groups in total. The molecule has 5 rings (SSSR count). The van der Waals surface area contributed by atoms with Crippen LogP contribution in [-0.2, 0) is 6.54 Å². The van der Waals surface area contributed by atoms with Gasteiger partial charge in [0, 0.05) is 19.1 Å². The van der Waals surface area contributed by atoms with Crippen LogP contribution in [0.3, 0.4) is 0 Å². The molecule has 0 radical (unpaired) electrons. The number of piperidine rings is 1. The van der Waals surface area contributed by atoms with E-state index in [1.807, 2.05) is 0 Å². The van der Waals surface area contributed by atoms with Gasteiger partial charge in [0.2, 0.25) is 0 Å². The van der Waals surface area contributed by atoms with Crippen LogP contribution in [0, 0.1) is 28.6 Å². The summed E-state index contributed by atoms with van der Waals surface area (Å²) in [6.45, 7) is 7.41. The normalized spacial score (nSPS) is 47.1. The molecule has 2 heteroatoms. The van der Waals surface area contributed by atoms with Crippen molar-refractivity contribution in [2.75, 3.05) is 6.54 Å². The van der Waals surface area contributed by atoms with Crippen LogP contribution in [-0.4, -0.2) is 28.7 Å². The van der Waals surface area contributed by atoms with Crippen LogP contribution in [0.4, 0.5) is 0 Å². The predicted molar refractivity (Wildman–Crippen MR) is 110 cm³/mol. The average molecular weight is 368 g/mol. The molecule has 4 aliphatic rings. The molecule has 1 unspecified atom stereocenters. The van der Waals surface area contributed by atoms with E-state index in [1.54, 1.807) is 0 Å². The van der Waals surface area contributed by atoms with Gasteiger partial charge in [-0.3, -0.25) is 4.90 Å². The maximum atomic E-state index is 10.8. The van der Waals surface area contributed by atoms with Crippen molar-refractivity contribution in [3.8, 4) is 0 Å². The number of aliphatic hydroxyl groups is 1. The zero-order valence-corrected chi connectivity index (χ0v) is 17.2. The molecule has 1 aromatic rings. The molecule has 148 valence electrons. The molecular formula is C25H37NO. The third-order valence-corrected chi connectivity index (χ3v) is 9.55. The number of hydrogen-bond donors (Lipinski definition) is 1. The van der Waals surface area contributed by atoms with Gasteiger partial charge < -0.3 is 5.11 Å². The van der Waals surface area contributed by atoms with E-state index < -0.39 is 0 Å². The third-order valence-electron chi connectivity index (χ3n) is 9.55. The SMILES string of the molecule is C[C@]12CC[C@H]3[C@@H](CN(Cc4ccccc4)C4CCCC[C@@]43C)[C@@H]1CC[C@@H]2O. The number of likely N-dealkylation sites (tertiary alicyclic amines) is 1.